The lowest BCUT2D eigenvalue weighted by Gasteiger charge is -2.31. The van der Waals surface area contributed by atoms with Crippen molar-refractivity contribution < 1.29 is 4.79 Å². The van der Waals surface area contributed by atoms with Gasteiger partial charge in [0.15, 0.2) is 0 Å². The Morgan fingerprint density at radius 1 is 0.929 bits per heavy atom. The highest BCUT2D eigenvalue weighted by atomic mass is 16.2. The first kappa shape index (κ1) is 19.3. The van der Waals surface area contributed by atoms with E-state index >= 15 is 0 Å². The van der Waals surface area contributed by atoms with E-state index in [1.165, 1.54) is 61.6 Å². The highest BCUT2D eigenvalue weighted by Gasteiger charge is 2.27. The largest absolute Gasteiger partial charge is 0.372 e. The monoisotopic (exact) mass is 379 g/mol. The van der Waals surface area contributed by atoms with Gasteiger partial charge in [0.2, 0.25) is 5.91 Å². The Bertz CT molecular complexity index is 753. The number of piperidine rings is 1. The van der Waals surface area contributed by atoms with Crippen LogP contribution in [-0.4, -0.2) is 48.4 Å². The predicted octanol–water partition coefficient (Wildman–Crippen LogP) is 3.95. The maximum absolute atomic E-state index is 12.9. The summed E-state index contributed by atoms with van der Waals surface area (Å²) in [5.74, 6) is 0.109. The lowest BCUT2D eigenvalue weighted by Crippen LogP contribution is -2.37. The van der Waals surface area contributed by atoms with Crippen LogP contribution in [0.4, 0.5) is 0 Å². The van der Waals surface area contributed by atoms with Gasteiger partial charge in [0.1, 0.15) is 0 Å². The molecule has 2 aliphatic heterocycles. The summed E-state index contributed by atoms with van der Waals surface area (Å²) < 4.78 is 0. The average molecular weight is 380 g/mol. The van der Waals surface area contributed by atoms with E-state index in [4.69, 9.17) is 0 Å². The van der Waals surface area contributed by atoms with Gasteiger partial charge in [0.25, 0.3) is 0 Å². The Labute approximate surface area is 169 Å². The maximum Gasteiger partial charge on any atom is 0.238 e. The zero-order valence-electron chi connectivity index (χ0n) is 17.0. The summed E-state index contributed by atoms with van der Waals surface area (Å²) in [6, 6.07) is 8.45. The van der Waals surface area contributed by atoms with Crippen LogP contribution in [0.3, 0.4) is 0 Å². The number of amides is 1. The van der Waals surface area contributed by atoms with E-state index in [9.17, 15) is 4.79 Å². The second-order valence-corrected chi connectivity index (χ2v) is 8.42. The van der Waals surface area contributed by atoms with Crippen LogP contribution in [0.1, 0.15) is 56.1 Å². The van der Waals surface area contributed by atoms with E-state index in [0.717, 1.165) is 44.0 Å². The molecule has 0 spiro atoms. The number of hydrogen-bond acceptors (Lipinski definition) is 3. The van der Waals surface area contributed by atoms with Crippen LogP contribution in [0, 0.1) is 0 Å². The smallest absolute Gasteiger partial charge is 0.238 e. The van der Waals surface area contributed by atoms with E-state index in [2.05, 4.69) is 46.0 Å². The molecule has 0 saturated carbocycles. The Morgan fingerprint density at radius 2 is 1.57 bits per heavy atom. The van der Waals surface area contributed by atoms with E-state index in [1.54, 1.807) is 0 Å². The fourth-order valence-electron chi connectivity index (χ4n) is 4.78. The molecule has 3 aliphatic rings. The van der Waals surface area contributed by atoms with Crippen molar-refractivity contribution in [2.24, 2.45) is 0 Å². The first-order chi connectivity index (χ1) is 13.7. The normalized spacial score (nSPS) is 20.6. The van der Waals surface area contributed by atoms with Gasteiger partial charge in [-0.05, 0) is 50.8 Å². The topological polar surface area (TPSA) is 35.6 Å². The molecule has 0 atom stereocenters. The summed E-state index contributed by atoms with van der Waals surface area (Å²) in [4.78, 5) is 17.6. The van der Waals surface area contributed by atoms with Crippen LogP contribution in [0.2, 0.25) is 0 Å². The molecule has 28 heavy (non-hydrogen) atoms. The van der Waals surface area contributed by atoms with Crippen molar-refractivity contribution in [2.75, 3.05) is 32.7 Å². The Kier molecular flexibility index (Phi) is 6.16. The predicted molar refractivity (Wildman–Crippen MR) is 115 cm³/mol. The fourth-order valence-corrected chi connectivity index (χ4v) is 4.78. The number of allylic oxidation sites excluding steroid dienone is 1. The molecule has 2 fully saturated rings. The lowest BCUT2D eigenvalue weighted by atomic mass is 10.1. The third-order valence-corrected chi connectivity index (χ3v) is 6.37. The molecule has 4 nitrogen and oxygen atoms in total. The summed E-state index contributed by atoms with van der Waals surface area (Å²) in [5.41, 5.74) is 5.75. The number of benzene rings is 1. The van der Waals surface area contributed by atoms with Crippen molar-refractivity contribution in [3.8, 4) is 0 Å². The highest BCUT2D eigenvalue weighted by molar-refractivity contribution is 5.92. The molecule has 4 rings (SSSR count). The van der Waals surface area contributed by atoms with Gasteiger partial charge in [0, 0.05) is 36.3 Å². The number of nitrogens with zero attached hydrogens (tertiary/aromatic N) is 2. The highest BCUT2D eigenvalue weighted by Crippen LogP contribution is 2.36. The molecule has 1 aliphatic carbocycles. The molecule has 4 heteroatoms. The number of carbonyl (C=O) groups is 1. The van der Waals surface area contributed by atoms with Crippen molar-refractivity contribution in [1.29, 1.82) is 0 Å². The lowest BCUT2D eigenvalue weighted by molar-refractivity contribution is -0.121. The molecule has 0 bridgehead atoms. The van der Waals surface area contributed by atoms with E-state index in [1.807, 2.05) is 0 Å². The molecule has 1 aromatic rings. The SMILES string of the molecule is C=C(C1=C(NC(=O)CN2CCCCCC2)c2ccccc2C1)N1CCCCC1. The van der Waals surface area contributed by atoms with E-state index in [0.29, 0.717) is 6.54 Å². The third kappa shape index (κ3) is 4.33. The molecule has 1 N–H and O–H groups in total. The second-order valence-electron chi connectivity index (χ2n) is 8.42. The molecule has 1 amide bonds. The number of likely N-dealkylation sites (tertiary alicyclic amines) is 2. The minimum absolute atomic E-state index is 0.109. The molecule has 0 unspecified atom stereocenters. The summed E-state index contributed by atoms with van der Waals surface area (Å²) in [5, 5.41) is 3.28. The minimum Gasteiger partial charge on any atom is -0.372 e. The first-order valence-corrected chi connectivity index (χ1v) is 11.0. The first-order valence-electron chi connectivity index (χ1n) is 11.0. The van der Waals surface area contributed by atoms with Crippen LogP contribution in [0.15, 0.2) is 42.1 Å². The molecule has 0 radical (unpaired) electrons. The van der Waals surface area contributed by atoms with Crippen molar-refractivity contribution >= 4 is 11.6 Å². The summed E-state index contributed by atoms with van der Waals surface area (Å²) in [6.45, 7) is 9.16. The van der Waals surface area contributed by atoms with Gasteiger partial charge in [-0.2, -0.15) is 0 Å². The molecule has 150 valence electrons. The van der Waals surface area contributed by atoms with Crippen molar-refractivity contribution in [3.63, 3.8) is 0 Å². The summed E-state index contributed by atoms with van der Waals surface area (Å²) in [6.07, 6.45) is 9.62. The van der Waals surface area contributed by atoms with Crippen LogP contribution in [-0.2, 0) is 11.2 Å². The van der Waals surface area contributed by atoms with Gasteiger partial charge in [-0.3, -0.25) is 9.69 Å². The number of carbonyl (C=O) groups excluding carboxylic acids is 1. The quantitative estimate of drug-likeness (QED) is 0.842. The van der Waals surface area contributed by atoms with Crippen LogP contribution in [0.5, 0.6) is 0 Å². The van der Waals surface area contributed by atoms with Gasteiger partial charge in [-0.15, -0.1) is 0 Å². The number of rotatable bonds is 5. The Balaban J connectivity index is 1.52. The van der Waals surface area contributed by atoms with Crippen LogP contribution < -0.4 is 5.32 Å². The molecule has 1 aromatic carbocycles. The third-order valence-electron chi connectivity index (χ3n) is 6.37. The van der Waals surface area contributed by atoms with Gasteiger partial charge >= 0.3 is 0 Å². The van der Waals surface area contributed by atoms with Crippen molar-refractivity contribution in [3.05, 3.63) is 53.2 Å². The van der Waals surface area contributed by atoms with E-state index in [-0.39, 0.29) is 5.91 Å². The maximum atomic E-state index is 12.9. The molecule has 2 heterocycles. The van der Waals surface area contributed by atoms with Crippen LogP contribution >= 0.6 is 0 Å². The Morgan fingerprint density at radius 3 is 2.32 bits per heavy atom. The van der Waals surface area contributed by atoms with Gasteiger partial charge in [-0.25, -0.2) is 0 Å². The van der Waals surface area contributed by atoms with Crippen molar-refractivity contribution in [1.82, 2.24) is 15.1 Å². The standard InChI is InChI=1S/C24H33N3O/c1-19(27-15-9-4-10-16-27)22-17-20-11-5-6-12-21(20)24(22)25-23(28)18-26-13-7-2-3-8-14-26/h5-6,11-12H,1-4,7-10,13-18H2,(H,25,28). The van der Waals surface area contributed by atoms with Crippen LogP contribution in [0.25, 0.3) is 5.70 Å². The van der Waals surface area contributed by atoms with E-state index < -0.39 is 0 Å². The summed E-state index contributed by atoms with van der Waals surface area (Å²) in [7, 11) is 0. The molecule has 0 aromatic heterocycles. The average Bonchev–Trinajstić information content (AvgIpc) is 2.88. The minimum atomic E-state index is 0.109. The molecular formula is C24H33N3O. The number of fused-ring (bicyclic) bond motifs is 1. The summed E-state index contributed by atoms with van der Waals surface area (Å²) >= 11 is 0. The zero-order chi connectivity index (χ0) is 19.3. The second kappa shape index (κ2) is 8.95. The van der Waals surface area contributed by atoms with Gasteiger partial charge in [-0.1, -0.05) is 43.7 Å². The van der Waals surface area contributed by atoms with Crippen molar-refractivity contribution in [2.45, 2.75) is 51.4 Å². The fraction of sp³-hybridized carbons (Fsp3) is 0.542. The zero-order valence-corrected chi connectivity index (χ0v) is 17.0. The van der Waals surface area contributed by atoms with Gasteiger partial charge in [0.05, 0.1) is 12.2 Å². The van der Waals surface area contributed by atoms with Gasteiger partial charge < -0.3 is 10.2 Å². The molecular weight excluding hydrogens is 346 g/mol. The number of hydrogen-bond donors (Lipinski definition) is 1. The molecule has 2 saturated heterocycles. The Hall–Kier alpha value is -2.07. The number of nitrogens with one attached hydrogen (secondary N) is 1.